The number of amides is 2. The summed E-state index contributed by atoms with van der Waals surface area (Å²) in [5, 5.41) is 5.39. The largest absolute Gasteiger partial charge is 0.486 e. The van der Waals surface area contributed by atoms with Crippen LogP contribution in [0.2, 0.25) is 0 Å². The number of hydrogen-bond acceptors (Lipinski definition) is 4. The van der Waals surface area contributed by atoms with E-state index in [0.29, 0.717) is 31.1 Å². The third-order valence-corrected chi connectivity index (χ3v) is 3.90. The monoisotopic (exact) mass is 352 g/mol. The first-order valence-corrected chi connectivity index (χ1v) is 8.32. The van der Waals surface area contributed by atoms with Crippen molar-refractivity contribution in [2.24, 2.45) is 0 Å². The van der Waals surface area contributed by atoms with Crippen LogP contribution in [0.3, 0.4) is 0 Å². The van der Waals surface area contributed by atoms with Gasteiger partial charge in [-0.1, -0.05) is 18.2 Å². The highest BCUT2D eigenvalue weighted by Crippen LogP contribution is 2.30. The average Bonchev–Trinajstić information content (AvgIpc) is 2.70. The number of rotatable bonds is 5. The standard InChI is InChI=1S/C20H20N2O4/c1-21-20(24)16-6-2-14(3-7-16)5-9-19(23)22-13-15-4-8-17-18(12-15)26-11-10-25-17/h2-9,12H,10-11,13H2,1H3,(H,21,24)(H,22,23)/b9-5+. The molecule has 0 radical (unpaired) electrons. The van der Waals surface area contributed by atoms with Crippen molar-refractivity contribution in [1.82, 2.24) is 10.6 Å². The van der Waals surface area contributed by atoms with Crippen LogP contribution < -0.4 is 20.1 Å². The van der Waals surface area contributed by atoms with Gasteiger partial charge in [-0.2, -0.15) is 0 Å². The zero-order valence-electron chi connectivity index (χ0n) is 14.5. The first kappa shape index (κ1) is 17.5. The van der Waals surface area contributed by atoms with Gasteiger partial charge in [0.05, 0.1) is 0 Å². The van der Waals surface area contributed by atoms with Gasteiger partial charge in [0.1, 0.15) is 13.2 Å². The fourth-order valence-electron chi connectivity index (χ4n) is 2.51. The summed E-state index contributed by atoms with van der Waals surface area (Å²) in [5.74, 6) is 1.09. The Hall–Kier alpha value is -3.28. The summed E-state index contributed by atoms with van der Waals surface area (Å²) in [7, 11) is 1.59. The molecule has 2 aromatic carbocycles. The maximum absolute atomic E-state index is 12.0. The number of nitrogens with one attached hydrogen (secondary N) is 2. The van der Waals surface area contributed by atoms with Crippen LogP contribution in [-0.2, 0) is 11.3 Å². The van der Waals surface area contributed by atoms with Crippen molar-refractivity contribution in [2.45, 2.75) is 6.54 Å². The van der Waals surface area contributed by atoms with Crippen molar-refractivity contribution >= 4 is 17.9 Å². The maximum atomic E-state index is 12.0. The quantitative estimate of drug-likeness (QED) is 0.809. The molecule has 0 aliphatic carbocycles. The molecule has 1 aliphatic rings. The number of benzene rings is 2. The Bertz CT molecular complexity index is 828. The maximum Gasteiger partial charge on any atom is 0.251 e. The minimum Gasteiger partial charge on any atom is -0.486 e. The molecule has 0 saturated heterocycles. The molecule has 0 fully saturated rings. The molecular formula is C20H20N2O4. The molecule has 0 spiro atoms. The van der Waals surface area contributed by atoms with Gasteiger partial charge in [-0.3, -0.25) is 9.59 Å². The number of carbonyl (C=O) groups excluding carboxylic acids is 2. The Labute approximate surface area is 151 Å². The Morgan fingerprint density at radius 2 is 1.77 bits per heavy atom. The average molecular weight is 352 g/mol. The molecule has 0 atom stereocenters. The molecule has 3 rings (SSSR count). The van der Waals surface area contributed by atoms with Crippen molar-refractivity contribution < 1.29 is 19.1 Å². The summed E-state index contributed by atoms with van der Waals surface area (Å²) in [6.45, 7) is 1.48. The summed E-state index contributed by atoms with van der Waals surface area (Å²) in [4.78, 5) is 23.5. The highest BCUT2D eigenvalue weighted by atomic mass is 16.6. The minimum atomic E-state index is -0.199. The molecule has 2 amide bonds. The van der Waals surface area contributed by atoms with Crippen molar-refractivity contribution in [3.63, 3.8) is 0 Å². The number of fused-ring (bicyclic) bond motifs is 1. The van der Waals surface area contributed by atoms with E-state index in [1.54, 1.807) is 37.4 Å². The van der Waals surface area contributed by atoms with Crippen LogP contribution in [0.4, 0.5) is 0 Å². The molecule has 1 heterocycles. The Balaban J connectivity index is 1.54. The minimum absolute atomic E-state index is 0.141. The molecule has 2 N–H and O–H groups in total. The van der Waals surface area contributed by atoms with Crippen molar-refractivity contribution in [1.29, 1.82) is 0 Å². The van der Waals surface area contributed by atoms with Gasteiger partial charge in [-0.05, 0) is 41.5 Å². The first-order valence-electron chi connectivity index (χ1n) is 8.32. The Morgan fingerprint density at radius 3 is 2.50 bits per heavy atom. The summed E-state index contributed by atoms with van der Waals surface area (Å²) in [6.07, 6.45) is 3.17. The number of carbonyl (C=O) groups is 2. The van der Waals surface area contributed by atoms with E-state index >= 15 is 0 Å². The van der Waals surface area contributed by atoms with Crippen molar-refractivity contribution in [2.75, 3.05) is 20.3 Å². The molecule has 0 aromatic heterocycles. The first-order chi connectivity index (χ1) is 12.7. The normalized spacial score (nSPS) is 12.7. The second-order valence-electron chi connectivity index (χ2n) is 5.73. The molecule has 2 aromatic rings. The summed E-state index contributed by atoms with van der Waals surface area (Å²) in [6, 6.07) is 12.6. The molecule has 0 saturated carbocycles. The van der Waals surface area contributed by atoms with Crippen LogP contribution in [0.15, 0.2) is 48.5 Å². The molecule has 6 heteroatoms. The van der Waals surface area contributed by atoms with Crippen molar-refractivity contribution in [3.05, 3.63) is 65.2 Å². The zero-order valence-corrected chi connectivity index (χ0v) is 14.5. The fourth-order valence-corrected chi connectivity index (χ4v) is 2.51. The van der Waals surface area contributed by atoms with Crippen LogP contribution in [0.5, 0.6) is 11.5 Å². The van der Waals surface area contributed by atoms with Crippen LogP contribution in [0.1, 0.15) is 21.5 Å². The van der Waals surface area contributed by atoms with Crippen LogP contribution in [0, 0.1) is 0 Å². The lowest BCUT2D eigenvalue weighted by molar-refractivity contribution is -0.116. The lowest BCUT2D eigenvalue weighted by atomic mass is 10.1. The summed E-state index contributed by atoms with van der Waals surface area (Å²) in [5.41, 5.74) is 2.35. The lowest BCUT2D eigenvalue weighted by Crippen LogP contribution is -2.21. The van der Waals surface area contributed by atoms with Gasteiger partial charge in [0.25, 0.3) is 5.91 Å². The fraction of sp³-hybridized carbons (Fsp3) is 0.200. The Morgan fingerprint density at radius 1 is 1.04 bits per heavy atom. The molecule has 6 nitrogen and oxygen atoms in total. The molecule has 0 unspecified atom stereocenters. The second-order valence-corrected chi connectivity index (χ2v) is 5.73. The summed E-state index contributed by atoms with van der Waals surface area (Å²) < 4.78 is 11.0. The third-order valence-electron chi connectivity index (χ3n) is 3.90. The van der Waals surface area contributed by atoms with Gasteiger partial charge in [0.2, 0.25) is 5.91 Å². The van der Waals surface area contributed by atoms with E-state index in [4.69, 9.17) is 9.47 Å². The highest BCUT2D eigenvalue weighted by Gasteiger charge is 2.11. The Kier molecular flexibility index (Phi) is 5.53. The highest BCUT2D eigenvalue weighted by molar-refractivity contribution is 5.94. The predicted molar refractivity (Wildman–Crippen MR) is 98.1 cm³/mol. The number of hydrogen-bond donors (Lipinski definition) is 2. The van der Waals surface area contributed by atoms with Crippen LogP contribution in [0.25, 0.3) is 6.08 Å². The van der Waals surface area contributed by atoms with Gasteiger partial charge in [-0.15, -0.1) is 0 Å². The molecule has 0 bridgehead atoms. The van der Waals surface area contributed by atoms with E-state index in [0.717, 1.165) is 16.9 Å². The predicted octanol–water partition coefficient (Wildman–Crippen LogP) is 2.15. The van der Waals surface area contributed by atoms with Crippen LogP contribution >= 0.6 is 0 Å². The van der Waals surface area contributed by atoms with Crippen molar-refractivity contribution in [3.8, 4) is 11.5 Å². The van der Waals surface area contributed by atoms with Gasteiger partial charge >= 0.3 is 0 Å². The summed E-state index contributed by atoms with van der Waals surface area (Å²) >= 11 is 0. The van der Waals surface area contributed by atoms with Gasteiger partial charge in [0.15, 0.2) is 11.5 Å². The number of ether oxygens (including phenoxy) is 2. The van der Waals surface area contributed by atoms with E-state index < -0.39 is 0 Å². The lowest BCUT2D eigenvalue weighted by Gasteiger charge is -2.18. The van der Waals surface area contributed by atoms with E-state index in [2.05, 4.69) is 10.6 Å². The topological polar surface area (TPSA) is 76.7 Å². The van der Waals surface area contributed by atoms with Crippen LogP contribution in [-0.4, -0.2) is 32.1 Å². The van der Waals surface area contributed by atoms with E-state index in [1.165, 1.54) is 6.08 Å². The second kappa shape index (κ2) is 8.20. The van der Waals surface area contributed by atoms with E-state index in [1.807, 2.05) is 18.2 Å². The molecule has 134 valence electrons. The molecular weight excluding hydrogens is 332 g/mol. The SMILES string of the molecule is CNC(=O)c1ccc(/C=C/C(=O)NCc2ccc3c(c2)OCCO3)cc1. The van der Waals surface area contributed by atoms with Gasteiger partial charge < -0.3 is 20.1 Å². The molecule has 26 heavy (non-hydrogen) atoms. The molecule has 1 aliphatic heterocycles. The van der Waals surface area contributed by atoms with E-state index in [9.17, 15) is 9.59 Å². The third kappa shape index (κ3) is 4.42. The van der Waals surface area contributed by atoms with E-state index in [-0.39, 0.29) is 11.8 Å². The van der Waals surface area contributed by atoms with Gasteiger partial charge in [-0.25, -0.2) is 0 Å². The smallest absolute Gasteiger partial charge is 0.251 e. The zero-order chi connectivity index (χ0) is 18.4. The van der Waals surface area contributed by atoms with Gasteiger partial charge in [0, 0.05) is 25.2 Å².